The number of benzene rings is 1. The van der Waals surface area contributed by atoms with Crippen LogP contribution < -0.4 is 0 Å². The van der Waals surface area contributed by atoms with Crippen LogP contribution in [0.4, 0.5) is 4.79 Å². The molecule has 0 aromatic heterocycles. The van der Waals surface area contributed by atoms with Crippen LogP contribution in [0.2, 0.25) is 0 Å². The summed E-state index contributed by atoms with van der Waals surface area (Å²) < 4.78 is 5.39. The summed E-state index contributed by atoms with van der Waals surface area (Å²) in [4.78, 5) is 28.2. The van der Waals surface area contributed by atoms with Crippen LogP contribution in [-0.2, 0) is 16.1 Å². The summed E-state index contributed by atoms with van der Waals surface area (Å²) in [7, 11) is 1.78. The number of nitrogens with zero attached hydrogens (tertiary/aromatic N) is 3. The summed E-state index contributed by atoms with van der Waals surface area (Å²) in [5.41, 5.74) is 1.02. The van der Waals surface area contributed by atoms with Crippen LogP contribution in [0.1, 0.15) is 44.7 Å². The van der Waals surface area contributed by atoms with Crippen molar-refractivity contribution in [3.05, 3.63) is 35.4 Å². The first-order valence-corrected chi connectivity index (χ1v) is 8.91. The van der Waals surface area contributed by atoms with Crippen molar-refractivity contribution in [2.45, 2.75) is 45.8 Å². The molecule has 140 valence electrons. The third-order valence-corrected chi connectivity index (χ3v) is 4.35. The van der Waals surface area contributed by atoms with Gasteiger partial charge in [-0.3, -0.25) is 4.79 Å². The minimum Gasteiger partial charge on any atom is -0.444 e. The monoisotopic (exact) mass is 357 g/mol. The van der Waals surface area contributed by atoms with E-state index in [0.717, 1.165) is 5.56 Å². The predicted octanol–water partition coefficient (Wildman–Crippen LogP) is 3.16. The lowest BCUT2D eigenvalue weighted by Gasteiger charge is -2.34. The number of hydrogen-bond acceptors (Lipinski definition) is 4. The molecule has 1 aliphatic rings. The van der Waals surface area contributed by atoms with Crippen molar-refractivity contribution in [3.63, 3.8) is 0 Å². The molecule has 0 aliphatic carbocycles. The van der Waals surface area contributed by atoms with Gasteiger partial charge in [-0.15, -0.1) is 0 Å². The molecule has 2 rings (SSSR count). The Morgan fingerprint density at radius 1 is 1.31 bits per heavy atom. The van der Waals surface area contributed by atoms with E-state index in [-0.39, 0.29) is 17.9 Å². The molecule has 2 amide bonds. The van der Waals surface area contributed by atoms with E-state index < -0.39 is 5.60 Å². The molecule has 26 heavy (non-hydrogen) atoms. The highest BCUT2D eigenvalue weighted by Gasteiger charge is 2.31. The fourth-order valence-electron chi connectivity index (χ4n) is 3.04. The zero-order valence-electron chi connectivity index (χ0n) is 16.0. The zero-order chi connectivity index (χ0) is 19.3. The molecular weight excluding hydrogens is 330 g/mol. The summed E-state index contributed by atoms with van der Waals surface area (Å²) in [6, 6.07) is 9.40. The molecule has 0 bridgehead atoms. The van der Waals surface area contributed by atoms with E-state index >= 15 is 0 Å². The topological polar surface area (TPSA) is 73.6 Å². The summed E-state index contributed by atoms with van der Waals surface area (Å²) in [5.74, 6) is -0.00552. The highest BCUT2D eigenvalue weighted by Crippen LogP contribution is 2.22. The van der Waals surface area contributed by atoms with Gasteiger partial charge in [0.1, 0.15) is 5.60 Å². The van der Waals surface area contributed by atoms with Gasteiger partial charge in [0, 0.05) is 32.6 Å². The second-order valence-electron chi connectivity index (χ2n) is 7.75. The molecule has 1 aromatic rings. The number of piperidine rings is 1. The second-order valence-corrected chi connectivity index (χ2v) is 7.75. The standard InChI is InChI=1S/C20H27N3O3/c1-20(2,3)26-19(25)23-10-8-17(9-11-23)18(24)22(4)14-16-7-5-6-15(12-16)13-21/h5-7,12,17H,8-11,14H2,1-4H3. The number of likely N-dealkylation sites (tertiary alicyclic amines) is 1. The largest absolute Gasteiger partial charge is 0.444 e. The lowest BCUT2D eigenvalue weighted by Crippen LogP contribution is -2.45. The molecule has 0 N–H and O–H groups in total. The van der Waals surface area contributed by atoms with E-state index in [1.165, 1.54) is 0 Å². The lowest BCUT2D eigenvalue weighted by atomic mass is 9.95. The maximum absolute atomic E-state index is 12.7. The second kappa shape index (κ2) is 8.22. The van der Waals surface area contributed by atoms with E-state index in [9.17, 15) is 9.59 Å². The van der Waals surface area contributed by atoms with Gasteiger partial charge in [0.15, 0.2) is 0 Å². The van der Waals surface area contributed by atoms with E-state index in [4.69, 9.17) is 10.00 Å². The average molecular weight is 357 g/mol. The molecule has 0 unspecified atom stereocenters. The van der Waals surface area contributed by atoms with Crippen LogP contribution >= 0.6 is 0 Å². The van der Waals surface area contributed by atoms with Crippen molar-refractivity contribution in [3.8, 4) is 6.07 Å². The van der Waals surface area contributed by atoms with Crippen molar-refractivity contribution in [1.29, 1.82) is 5.26 Å². The number of carbonyl (C=O) groups is 2. The Hall–Kier alpha value is -2.55. The van der Waals surface area contributed by atoms with E-state index in [2.05, 4.69) is 6.07 Å². The quantitative estimate of drug-likeness (QED) is 0.833. The van der Waals surface area contributed by atoms with Gasteiger partial charge in [0.05, 0.1) is 11.6 Å². The first kappa shape index (κ1) is 19.8. The molecule has 6 nitrogen and oxygen atoms in total. The van der Waals surface area contributed by atoms with Gasteiger partial charge in [0.2, 0.25) is 5.91 Å². The van der Waals surface area contributed by atoms with Crippen molar-refractivity contribution in [1.82, 2.24) is 9.80 Å². The van der Waals surface area contributed by atoms with Crippen LogP contribution in [0, 0.1) is 17.2 Å². The minimum atomic E-state index is -0.512. The SMILES string of the molecule is CN(Cc1cccc(C#N)c1)C(=O)C1CCN(C(=O)OC(C)(C)C)CC1. The van der Waals surface area contributed by atoms with E-state index in [1.54, 1.807) is 29.0 Å². The van der Waals surface area contributed by atoms with Gasteiger partial charge in [-0.25, -0.2) is 4.79 Å². The molecule has 1 aliphatic heterocycles. The van der Waals surface area contributed by atoms with Gasteiger partial charge in [0.25, 0.3) is 0 Å². The minimum absolute atomic E-state index is 0.0798. The normalized spacial score (nSPS) is 15.3. The van der Waals surface area contributed by atoms with Gasteiger partial charge in [-0.2, -0.15) is 5.26 Å². The zero-order valence-corrected chi connectivity index (χ0v) is 16.0. The van der Waals surface area contributed by atoms with Gasteiger partial charge in [-0.1, -0.05) is 12.1 Å². The molecule has 0 atom stereocenters. The predicted molar refractivity (Wildman–Crippen MR) is 98.2 cm³/mol. The third kappa shape index (κ3) is 5.48. The number of carbonyl (C=O) groups excluding carboxylic acids is 2. The number of ether oxygens (including phenoxy) is 1. The number of amides is 2. The fraction of sp³-hybridized carbons (Fsp3) is 0.550. The Morgan fingerprint density at radius 2 is 1.96 bits per heavy atom. The lowest BCUT2D eigenvalue weighted by molar-refractivity contribution is -0.136. The number of nitriles is 1. The third-order valence-electron chi connectivity index (χ3n) is 4.35. The van der Waals surface area contributed by atoms with Gasteiger partial charge in [-0.05, 0) is 51.3 Å². The first-order valence-electron chi connectivity index (χ1n) is 8.91. The first-order chi connectivity index (χ1) is 12.2. The van der Waals surface area contributed by atoms with E-state index in [0.29, 0.717) is 38.0 Å². The fourth-order valence-corrected chi connectivity index (χ4v) is 3.04. The van der Waals surface area contributed by atoms with Crippen LogP contribution in [0.15, 0.2) is 24.3 Å². The Morgan fingerprint density at radius 3 is 2.54 bits per heavy atom. The number of rotatable bonds is 3. The summed E-state index contributed by atoms with van der Waals surface area (Å²) >= 11 is 0. The molecule has 1 heterocycles. The Bertz CT molecular complexity index is 695. The average Bonchev–Trinajstić information content (AvgIpc) is 2.60. The molecule has 1 saturated heterocycles. The molecule has 0 saturated carbocycles. The molecular formula is C20H27N3O3. The van der Waals surface area contributed by atoms with Crippen LogP contribution in [0.25, 0.3) is 0 Å². The van der Waals surface area contributed by atoms with Crippen LogP contribution in [0.5, 0.6) is 0 Å². The molecule has 6 heteroatoms. The Balaban J connectivity index is 1.87. The molecule has 1 fully saturated rings. The van der Waals surface area contributed by atoms with Gasteiger partial charge < -0.3 is 14.5 Å². The van der Waals surface area contributed by atoms with Crippen molar-refractivity contribution in [2.24, 2.45) is 5.92 Å². The van der Waals surface area contributed by atoms with Crippen molar-refractivity contribution < 1.29 is 14.3 Å². The Labute approximate surface area is 155 Å². The highest BCUT2D eigenvalue weighted by atomic mass is 16.6. The summed E-state index contributed by atoms with van der Waals surface area (Å²) in [6.07, 6.45) is 0.964. The van der Waals surface area contributed by atoms with Crippen LogP contribution in [0.3, 0.4) is 0 Å². The maximum atomic E-state index is 12.7. The van der Waals surface area contributed by atoms with Crippen molar-refractivity contribution in [2.75, 3.05) is 20.1 Å². The smallest absolute Gasteiger partial charge is 0.410 e. The van der Waals surface area contributed by atoms with Gasteiger partial charge >= 0.3 is 6.09 Å². The van der Waals surface area contributed by atoms with Crippen molar-refractivity contribution >= 4 is 12.0 Å². The summed E-state index contributed by atoms with van der Waals surface area (Å²) in [6.45, 7) is 7.07. The molecule has 0 radical (unpaired) electrons. The molecule has 1 aromatic carbocycles. The maximum Gasteiger partial charge on any atom is 0.410 e. The summed E-state index contributed by atoms with van der Waals surface area (Å²) in [5, 5.41) is 8.98. The highest BCUT2D eigenvalue weighted by molar-refractivity contribution is 5.79. The number of hydrogen-bond donors (Lipinski definition) is 0. The Kier molecular flexibility index (Phi) is 6.25. The van der Waals surface area contributed by atoms with Crippen LogP contribution in [-0.4, -0.2) is 47.5 Å². The molecule has 0 spiro atoms. The van der Waals surface area contributed by atoms with E-state index in [1.807, 2.05) is 32.9 Å².